The minimum atomic E-state index is 0.801. The van der Waals surface area contributed by atoms with Crippen molar-refractivity contribution in [3.63, 3.8) is 0 Å². The highest BCUT2D eigenvalue weighted by Crippen LogP contribution is 2.16. The number of nitrogens with two attached hydrogens (primary N) is 1. The molecular weight excluding hydrogens is 124 g/mol. The van der Waals surface area contributed by atoms with Crippen LogP contribution in [-0.2, 0) is 0 Å². The zero-order chi connectivity index (χ0) is 7.56. The Labute approximate surface area is 61.1 Å². The van der Waals surface area contributed by atoms with Crippen LogP contribution in [0.2, 0.25) is 0 Å². The van der Waals surface area contributed by atoms with E-state index in [1.165, 1.54) is 5.56 Å². The van der Waals surface area contributed by atoms with Gasteiger partial charge in [-0.15, -0.1) is 0 Å². The standard InChI is InChI=1S/C8H12N2/c1-6-3-4-7(9)5-8(6)10-2/h3-5,10H,9H2,1-2H3. The van der Waals surface area contributed by atoms with Gasteiger partial charge in [0.1, 0.15) is 0 Å². The van der Waals surface area contributed by atoms with Gasteiger partial charge in [-0.2, -0.15) is 0 Å². The molecule has 0 aliphatic heterocycles. The van der Waals surface area contributed by atoms with Crippen LogP contribution in [0.1, 0.15) is 5.56 Å². The molecule has 0 aliphatic carbocycles. The minimum Gasteiger partial charge on any atom is -0.399 e. The number of anilines is 2. The van der Waals surface area contributed by atoms with Crippen molar-refractivity contribution in [2.75, 3.05) is 18.1 Å². The zero-order valence-corrected chi connectivity index (χ0v) is 6.31. The molecule has 0 fully saturated rings. The number of hydrogen-bond donors (Lipinski definition) is 2. The first-order valence-electron chi connectivity index (χ1n) is 3.28. The van der Waals surface area contributed by atoms with Crippen molar-refractivity contribution in [3.8, 4) is 0 Å². The molecule has 0 saturated heterocycles. The monoisotopic (exact) mass is 136 g/mol. The van der Waals surface area contributed by atoms with Gasteiger partial charge in [0.2, 0.25) is 0 Å². The summed E-state index contributed by atoms with van der Waals surface area (Å²) >= 11 is 0. The summed E-state index contributed by atoms with van der Waals surface area (Å²) in [6, 6.07) is 5.83. The van der Waals surface area contributed by atoms with Gasteiger partial charge in [0.05, 0.1) is 0 Å². The molecule has 10 heavy (non-hydrogen) atoms. The second-order valence-electron chi connectivity index (χ2n) is 2.32. The van der Waals surface area contributed by atoms with Crippen LogP contribution in [0.15, 0.2) is 18.2 Å². The molecule has 3 N–H and O–H groups in total. The second kappa shape index (κ2) is 2.60. The highest BCUT2D eigenvalue weighted by Gasteiger charge is 1.93. The highest BCUT2D eigenvalue weighted by molar-refractivity contribution is 5.58. The van der Waals surface area contributed by atoms with Crippen molar-refractivity contribution in [3.05, 3.63) is 23.8 Å². The number of rotatable bonds is 1. The van der Waals surface area contributed by atoms with Gasteiger partial charge in [-0.05, 0) is 24.6 Å². The molecule has 0 saturated carbocycles. The summed E-state index contributed by atoms with van der Waals surface area (Å²) in [6.45, 7) is 2.05. The molecule has 0 radical (unpaired) electrons. The van der Waals surface area contributed by atoms with Crippen LogP contribution < -0.4 is 11.1 Å². The van der Waals surface area contributed by atoms with Crippen molar-refractivity contribution < 1.29 is 0 Å². The molecule has 0 spiro atoms. The number of hydrogen-bond acceptors (Lipinski definition) is 2. The van der Waals surface area contributed by atoms with Crippen LogP contribution in [0.25, 0.3) is 0 Å². The van der Waals surface area contributed by atoms with Crippen LogP contribution in [0.5, 0.6) is 0 Å². The predicted octanol–water partition coefficient (Wildman–Crippen LogP) is 1.62. The van der Waals surface area contributed by atoms with E-state index >= 15 is 0 Å². The van der Waals surface area contributed by atoms with Crippen molar-refractivity contribution >= 4 is 11.4 Å². The van der Waals surface area contributed by atoms with Crippen molar-refractivity contribution in [1.29, 1.82) is 0 Å². The molecule has 0 aliphatic rings. The Kier molecular flexibility index (Phi) is 1.81. The van der Waals surface area contributed by atoms with Crippen LogP contribution >= 0.6 is 0 Å². The van der Waals surface area contributed by atoms with Gasteiger partial charge in [0.25, 0.3) is 0 Å². The Morgan fingerprint density at radius 2 is 2.10 bits per heavy atom. The van der Waals surface area contributed by atoms with Gasteiger partial charge >= 0.3 is 0 Å². The summed E-state index contributed by atoms with van der Waals surface area (Å²) in [6.07, 6.45) is 0. The van der Waals surface area contributed by atoms with Crippen LogP contribution in [0.4, 0.5) is 11.4 Å². The third kappa shape index (κ3) is 1.21. The summed E-state index contributed by atoms with van der Waals surface area (Å²) in [7, 11) is 1.89. The lowest BCUT2D eigenvalue weighted by molar-refractivity contribution is 1.41. The van der Waals surface area contributed by atoms with E-state index in [-0.39, 0.29) is 0 Å². The second-order valence-corrected chi connectivity index (χ2v) is 2.32. The normalized spacial score (nSPS) is 9.40. The van der Waals surface area contributed by atoms with E-state index in [1.807, 2.05) is 32.2 Å². The van der Waals surface area contributed by atoms with E-state index in [0.29, 0.717) is 0 Å². The van der Waals surface area contributed by atoms with E-state index in [0.717, 1.165) is 11.4 Å². The van der Waals surface area contributed by atoms with E-state index in [2.05, 4.69) is 5.32 Å². The lowest BCUT2D eigenvalue weighted by atomic mass is 10.2. The Bertz CT molecular complexity index is 231. The molecule has 1 rings (SSSR count). The fourth-order valence-corrected chi connectivity index (χ4v) is 0.909. The molecule has 0 amide bonds. The Morgan fingerprint density at radius 3 is 2.60 bits per heavy atom. The largest absolute Gasteiger partial charge is 0.399 e. The van der Waals surface area contributed by atoms with Crippen molar-refractivity contribution in [2.45, 2.75) is 6.92 Å². The maximum absolute atomic E-state index is 5.56. The van der Waals surface area contributed by atoms with Crippen LogP contribution in [0.3, 0.4) is 0 Å². The van der Waals surface area contributed by atoms with Crippen LogP contribution in [-0.4, -0.2) is 7.05 Å². The van der Waals surface area contributed by atoms with E-state index < -0.39 is 0 Å². The first kappa shape index (κ1) is 6.93. The topological polar surface area (TPSA) is 38.0 Å². The molecule has 0 atom stereocenters. The van der Waals surface area contributed by atoms with Gasteiger partial charge < -0.3 is 11.1 Å². The molecule has 0 unspecified atom stereocenters. The van der Waals surface area contributed by atoms with Gasteiger partial charge in [-0.3, -0.25) is 0 Å². The molecule has 1 aromatic rings. The quantitative estimate of drug-likeness (QED) is 0.576. The van der Waals surface area contributed by atoms with Gasteiger partial charge in [-0.25, -0.2) is 0 Å². The molecule has 0 bridgehead atoms. The highest BCUT2D eigenvalue weighted by atomic mass is 14.8. The van der Waals surface area contributed by atoms with Gasteiger partial charge in [0.15, 0.2) is 0 Å². The third-order valence-corrected chi connectivity index (χ3v) is 1.53. The molecule has 0 aromatic heterocycles. The number of aryl methyl sites for hydroxylation is 1. The predicted molar refractivity (Wildman–Crippen MR) is 45.1 cm³/mol. The maximum Gasteiger partial charge on any atom is 0.0387 e. The Hall–Kier alpha value is -1.18. The first-order valence-corrected chi connectivity index (χ1v) is 3.28. The van der Waals surface area contributed by atoms with Crippen molar-refractivity contribution in [1.82, 2.24) is 0 Å². The van der Waals surface area contributed by atoms with E-state index in [4.69, 9.17) is 5.73 Å². The molecule has 0 heterocycles. The smallest absolute Gasteiger partial charge is 0.0387 e. The maximum atomic E-state index is 5.56. The zero-order valence-electron chi connectivity index (χ0n) is 6.31. The van der Waals surface area contributed by atoms with Gasteiger partial charge in [0, 0.05) is 18.4 Å². The molecular formula is C8H12N2. The SMILES string of the molecule is CNc1cc(N)ccc1C. The lowest BCUT2D eigenvalue weighted by Gasteiger charge is -2.04. The molecule has 2 nitrogen and oxygen atoms in total. The number of benzene rings is 1. The van der Waals surface area contributed by atoms with Gasteiger partial charge in [-0.1, -0.05) is 6.07 Å². The number of nitrogen functional groups attached to an aromatic ring is 1. The van der Waals surface area contributed by atoms with Crippen molar-refractivity contribution in [2.24, 2.45) is 0 Å². The first-order chi connectivity index (χ1) is 4.74. The Morgan fingerprint density at radius 1 is 1.40 bits per heavy atom. The summed E-state index contributed by atoms with van der Waals surface area (Å²) in [5, 5.41) is 3.06. The third-order valence-electron chi connectivity index (χ3n) is 1.53. The summed E-state index contributed by atoms with van der Waals surface area (Å²) < 4.78 is 0. The fraction of sp³-hybridized carbons (Fsp3) is 0.250. The lowest BCUT2D eigenvalue weighted by Crippen LogP contribution is -1.93. The summed E-state index contributed by atoms with van der Waals surface area (Å²) in [4.78, 5) is 0. The summed E-state index contributed by atoms with van der Waals surface area (Å²) in [5.41, 5.74) is 8.68. The van der Waals surface area contributed by atoms with E-state index in [1.54, 1.807) is 0 Å². The average Bonchev–Trinajstić information content (AvgIpc) is 1.94. The summed E-state index contributed by atoms with van der Waals surface area (Å²) in [5.74, 6) is 0. The molecule has 1 aromatic carbocycles. The fourth-order valence-electron chi connectivity index (χ4n) is 0.909. The van der Waals surface area contributed by atoms with E-state index in [9.17, 15) is 0 Å². The number of nitrogens with one attached hydrogen (secondary N) is 1. The molecule has 54 valence electrons. The average molecular weight is 136 g/mol. The molecule has 2 heteroatoms. The Balaban J connectivity index is 3.09. The van der Waals surface area contributed by atoms with Crippen LogP contribution in [0, 0.1) is 6.92 Å². The minimum absolute atomic E-state index is 0.801.